The summed E-state index contributed by atoms with van der Waals surface area (Å²) in [4.78, 5) is 29.6. The molecule has 1 N–H and O–H groups in total. The lowest BCUT2D eigenvalue weighted by atomic mass is 10.0. The SMILES string of the molecule is O=C(COC(=O)c1cc(-c2ccc(O)cc2)nc2ccccc12)c1ccccc1. The molecule has 0 saturated carbocycles. The number of ether oxygens (including phenoxy) is 1. The van der Waals surface area contributed by atoms with E-state index in [-0.39, 0.29) is 18.1 Å². The topological polar surface area (TPSA) is 76.5 Å². The van der Waals surface area contributed by atoms with E-state index >= 15 is 0 Å². The number of esters is 1. The minimum Gasteiger partial charge on any atom is -0.508 e. The predicted octanol–water partition coefficient (Wildman–Crippen LogP) is 4.65. The Morgan fingerprint density at radius 3 is 2.31 bits per heavy atom. The van der Waals surface area contributed by atoms with Crippen LogP contribution in [0.1, 0.15) is 20.7 Å². The van der Waals surface area contributed by atoms with Crippen LogP contribution in [0, 0.1) is 0 Å². The van der Waals surface area contributed by atoms with Gasteiger partial charge in [-0.25, -0.2) is 9.78 Å². The zero-order chi connectivity index (χ0) is 20.2. The van der Waals surface area contributed by atoms with E-state index in [4.69, 9.17) is 4.74 Å². The van der Waals surface area contributed by atoms with Crippen molar-refractivity contribution in [1.82, 2.24) is 4.98 Å². The Hall–Kier alpha value is -3.99. The van der Waals surface area contributed by atoms with Gasteiger partial charge in [0.05, 0.1) is 16.8 Å². The number of rotatable bonds is 5. The Morgan fingerprint density at radius 2 is 1.55 bits per heavy atom. The fourth-order valence-corrected chi connectivity index (χ4v) is 3.04. The zero-order valence-corrected chi connectivity index (χ0v) is 15.4. The van der Waals surface area contributed by atoms with E-state index < -0.39 is 5.97 Å². The molecule has 1 heterocycles. The number of pyridine rings is 1. The fraction of sp³-hybridized carbons (Fsp3) is 0.0417. The monoisotopic (exact) mass is 383 g/mol. The molecule has 0 spiro atoms. The van der Waals surface area contributed by atoms with Crippen molar-refractivity contribution in [3.05, 3.63) is 96.1 Å². The molecule has 5 nitrogen and oxygen atoms in total. The first-order chi connectivity index (χ1) is 14.1. The number of benzene rings is 3. The highest BCUT2D eigenvalue weighted by Crippen LogP contribution is 2.26. The van der Waals surface area contributed by atoms with Gasteiger partial charge in [-0.15, -0.1) is 0 Å². The molecule has 0 radical (unpaired) electrons. The van der Waals surface area contributed by atoms with Crippen LogP contribution in [0.2, 0.25) is 0 Å². The second-order valence-electron chi connectivity index (χ2n) is 6.48. The van der Waals surface area contributed by atoms with Crippen molar-refractivity contribution >= 4 is 22.7 Å². The van der Waals surface area contributed by atoms with Gasteiger partial charge >= 0.3 is 5.97 Å². The summed E-state index contributed by atoms with van der Waals surface area (Å²) in [5, 5.41) is 10.2. The average Bonchev–Trinajstić information content (AvgIpc) is 2.77. The van der Waals surface area contributed by atoms with Crippen LogP contribution in [0.3, 0.4) is 0 Å². The van der Waals surface area contributed by atoms with Gasteiger partial charge in [0.15, 0.2) is 12.4 Å². The minimum absolute atomic E-state index is 0.147. The summed E-state index contributed by atoms with van der Waals surface area (Å²) in [7, 11) is 0. The summed E-state index contributed by atoms with van der Waals surface area (Å²) in [6.07, 6.45) is 0. The van der Waals surface area contributed by atoms with E-state index in [1.807, 2.05) is 24.3 Å². The van der Waals surface area contributed by atoms with Gasteiger partial charge in [-0.1, -0.05) is 48.5 Å². The van der Waals surface area contributed by atoms with Crippen LogP contribution >= 0.6 is 0 Å². The maximum Gasteiger partial charge on any atom is 0.339 e. The fourth-order valence-electron chi connectivity index (χ4n) is 3.04. The van der Waals surface area contributed by atoms with Crippen molar-refractivity contribution in [2.45, 2.75) is 0 Å². The molecule has 0 aliphatic heterocycles. The van der Waals surface area contributed by atoms with Crippen LogP contribution < -0.4 is 0 Å². The molecule has 0 aliphatic carbocycles. The smallest absolute Gasteiger partial charge is 0.339 e. The number of phenols is 1. The Bertz CT molecular complexity index is 1180. The summed E-state index contributed by atoms with van der Waals surface area (Å²) < 4.78 is 5.31. The van der Waals surface area contributed by atoms with Gasteiger partial charge in [-0.3, -0.25) is 4.79 Å². The number of hydrogen-bond acceptors (Lipinski definition) is 5. The number of fused-ring (bicyclic) bond motifs is 1. The minimum atomic E-state index is -0.590. The average molecular weight is 383 g/mol. The van der Waals surface area contributed by atoms with Crippen LogP contribution in [-0.2, 0) is 4.74 Å². The highest BCUT2D eigenvalue weighted by molar-refractivity contribution is 6.06. The lowest BCUT2D eigenvalue weighted by Gasteiger charge is -2.10. The molecule has 1 aromatic heterocycles. The van der Waals surface area contributed by atoms with E-state index in [0.29, 0.717) is 27.7 Å². The molecule has 142 valence electrons. The van der Waals surface area contributed by atoms with Crippen LogP contribution in [0.4, 0.5) is 0 Å². The van der Waals surface area contributed by atoms with Gasteiger partial charge in [-0.2, -0.15) is 0 Å². The molecule has 5 heteroatoms. The molecule has 0 fully saturated rings. The van der Waals surface area contributed by atoms with Crippen molar-refractivity contribution in [3.63, 3.8) is 0 Å². The number of aromatic nitrogens is 1. The van der Waals surface area contributed by atoms with Crippen LogP contribution in [0.15, 0.2) is 84.9 Å². The van der Waals surface area contributed by atoms with E-state index in [1.54, 1.807) is 60.7 Å². The van der Waals surface area contributed by atoms with Gasteiger partial charge in [0.25, 0.3) is 0 Å². The Morgan fingerprint density at radius 1 is 0.862 bits per heavy atom. The third-order valence-electron chi connectivity index (χ3n) is 4.53. The van der Waals surface area contributed by atoms with Gasteiger partial charge in [0, 0.05) is 16.5 Å². The van der Waals surface area contributed by atoms with Gasteiger partial charge in [0.1, 0.15) is 5.75 Å². The number of aromatic hydroxyl groups is 1. The van der Waals surface area contributed by atoms with Crippen LogP contribution in [0.5, 0.6) is 5.75 Å². The summed E-state index contributed by atoms with van der Waals surface area (Å²) in [6.45, 7) is -0.339. The summed E-state index contributed by atoms with van der Waals surface area (Å²) in [6, 6.07) is 24.2. The lowest BCUT2D eigenvalue weighted by Crippen LogP contribution is -2.14. The molecule has 4 aromatic rings. The number of carbonyl (C=O) groups excluding carboxylic acids is 2. The number of hydrogen-bond donors (Lipinski definition) is 1. The molecule has 0 aliphatic rings. The van der Waals surface area contributed by atoms with E-state index in [1.165, 1.54) is 0 Å². The molecule has 0 amide bonds. The van der Waals surface area contributed by atoms with Crippen molar-refractivity contribution in [2.75, 3.05) is 6.61 Å². The highest BCUT2D eigenvalue weighted by Gasteiger charge is 2.17. The predicted molar refractivity (Wildman–Crippen MR) is 110 cm³/mol. The number of Topliss-reactive ketones (excluding diaryl/α,β-unsaturated/α-hetero) is 1. The molecular weight excluding hydrogens is 366 g/mol. The van der Waals surface area contributed by atoms with Crippen molar-refractivity contribution in [2.24, 2.45) is 0 Å². The number of ketones is 1. The Balaban J connectivity index is 1.65. The third-order valence-corrected chi connectivity index (χ3v) is 4.53. The third kappa shape index (κ3) is 3.99. The quantitative estimate of drug-likeness (QED) is 0.401. The first kappa shape index (κ1) is 18.4. The molecule has 0 bridgehead atoms. The number of para-hydroxylation sites is 1. The summed E-state index contributed by atoms with van der Waals surface area (Å²) in [5.74, 6) is -0.711. The maximum atomic E-state index is 12.8. The van der Waals surface area contributed by atoms with Gasteiger partial charge in [-0.05, 0) is 36.4 Å². The van der Waals surface area contributed by atoms with Crippen molar-refractivity contribution in [1.29, 1.82) is 0 Å². The van der Waals surface area contributed by atoms with Gasteiger partial charge in [0.2, 0.25) is 0 Å². The highest BCUT2D eigenvalue weighted by atomic mass is 16.5. The lowest BCUT2D eigenvalue weighted by molar-refractivity contribution is 0.0476. The van der Waals surface area contributed by atoms with E-state index in [9.17, 15) is 14.7 Å². The second-order valence-corrected chi connectivity index (χ2v) is 6.48. The molecule has 3 aromatic carbocycles. The standard InChI is InChI=1S/C24H17NO4/c26-18-12-10-16(11-13-18)22-14-20(19-8-4-5-9-21(19)25-22)24(28)29-15-23(27)17-6-2-1-3-7-17/h1-14,26H,15H2. The first-order valence-electron chi connectivity index (χ1n) is 9.06. The van der Waals surface area contributed by atoms with E-state index in [0.717, 1.165) is 5.56 Å². The number of nitrogens with zero attached hydrogens (tertiary/aromatic N) is 1. The molecular formula is C24H17NO4. The molecule has 0 saturated heterocycles. The molecule has 29 heavy (non-hydrogen) atoms. The van der Waals surface area contributed by atoms with Gasteiger partial charge < -0.3 is 9.84 Å². The summed E-state index contributed by atoms with van der Waals surface area (Å²) in [5.41, 5.74) is 2.79. The largest absolute Gasteiger partial charge is 0.508 e. The number of carbonyl (C=O) groups is 2. The zero-order valence-electron chi connectivity index (χ0n) is 15.4. The van der Waals surface area contributed by atoms with Crippen LogP contribution in [0.25, 0.3) is 22.2 Å². The Labute approximate surface area is 167 Å². The first-order valence-corrected chi connectivity index (χ1v) is 9.06. The molecule has 0 unspecified atom stereocenters. The maximum absolute atomic E-state index is 12.8. The molecule has 0 atom stereocenters. The second kappa shape index (κ2) is 7.94. The molecule has 4 rings (SSSR count). The van der Waals surface area contributed by atoms with E-state index in [2.05, 4.69) is 4.98 Å². The Kier molecular flexibility index (Phi) is 5.03. The summed E-state index contributed by atoms with van der Waals surface area (Å²) >= 11 is 0. The van der Waals surface area contributed by atoms with Crippen LogP contribution in [-0.4, -0.2) is 28.4 Å². The number of phenolic OH excluding ortho intramolecular Hbond substituents is 1. The van der Waals surface area contributed by atoms with Crippen molar-refractivity contribution < 1.29 is 19.4 Å². The van der Waals surface area contributed by atoms with Crippen molar-refractivity contribution in [3.8, 4) is 17.0 Å². The normalized spacial score (nSPS) is 10.6.